The fraction of sp³-hybridized carbons (Fsp3) is 0.417. The van der Waals surface area contributed by atoms with Crippen molar-refractivity contribution >= 4 is 49.3 Å². The Hall–Kier alpha value is -2.86. The van der Waals surface area contributed by atoms with Gasteiger partial charge in [-0.15, -0.1) is 29.5 Å². The fourth-order valence-electron chi connectivity index (χ4n) is 5.98. The zero-order valence-corrected chi connectivity index (χ0v) is 29.0. The van der Waals surface area contributed by atoms with Gasteiger partial charge in [-0.25, -0.2) is 4.98 Å². The molecule has 0 fully saturated rings. The van der Waals surface area contributed by atoms with Crippen molar-refractivity contribution in [3.63, 3.8) is 0 Å². The number of benzene rings is 1. The van der Waals surface area contributed by atoms with E-state index >= 15 is 0 Å². The average Bonchev–Trinajstić information content (AvgIpc) is 3.56. The van der Waals surface area contributed by atoms with Crippen molar-refractivity contribution < 1.29 is 34.4 Å². The Balaban J connectivity index is 0.000000230. The number of thiophene rings is 1. The number of aryl methyl sites for hydroxylation is 3. The molecule has 5 aromatic rings. The summed E-state index contributed by atoms with van der Waals surface area (Å²) in [5, 5.41) is 13.2. The maximum atomic E-state index is 11.7. The van der Waals surface area contributed by atoms with Crippen LogP contribution in [0.2, 0.25) is 0 Å². The van der Waals surface area contributed by atoms with Gasteiger partial charge in [-0.2, -0.15) is 0 Å². The molecule has 1 radical (unpaired) electrons. The van der Waals surface area contributed by atoms with Crippen molar-refractivity contribution in [2.45, 2.75) is 86.0 Å². The maximum absolute atomic E-state index is 11.7. The number of hydrogen-bond donors (Lipinski definition) is 1. The van der Waals surface area contributed by atoms with Gasteiger partial charge < -0.3 is 14.5 Å². The van der Waals surface area contributed by atoms with Crippen LogP contribution in [0.4, 0.5) is 0 Å². The molecule has 0 unspecified atom stereocenters. The predicted molar refractivity (Wildman–Crippen MR) is 174 cm³/mol. The van der Waals surface area contributed by atoms with E-state index in [1.165, 1.54) is 47.4 Å². The standard InChI is InChI=1S/C23H17N2OS.C13H24O2.Ir/c1-13-9-10-16-15-6-4-7-17(22(15)26-23(16)25-13)19-11-21-18(12-24-19)14-5-2-3-8-20(14)27-21;1-5-10(6-2)12(14)9-13(15)11(7-3)8-4;/h4,6,9-12H,2-3,5,8H2,1H3;9-11,14H,5-8H2,1-4H3;/q-1;;/b;12-9-;. The first-order valence-corrected chi connectivity index (χ1v) is 16.3. The Kier molecular flexibility index (Phi) is 11.3. The van der Waals surface area contributed by atoms with Crippen LogP contribution in [0.25, 0.3) is 43.4 Å². The van der Waals surface area contributed by atoms with E-state index in [0.29, 0.717) is 5.71 Å². The van der Waals surface area contributed by atoms with Crippen LogP contribution in [0.3, 0.4) is 0 Å². The van der Waals surface area contributed by atoms with Crippen molar-refractivity contribution in [3.05, 3.63) is 70.6 Å². The largest absolute Gasteiger partial charge is 0.512 e. The summed E-state index contributed by atoms with van der Waals surface area (Å²) < 4.78 is 7.45. The first-order chi connectivity index (χ1) is 20.4. The monoisotopic (exact) mass is 774 g/mol. The quantitative estimate of drug-likeness (QED) is 0.0966. The molecule has 43 heavy (non-hydrogen) atoms. The van der Waals surface area contributed by atoms with E-state index in [1.54, 1.807) is 4.88 Å². The number of nitrogens with zero attached hydrogens (tertiary/aromatic N) is 2. The van der Waals surface area contributed by atoms with E-state index in [9.17, 15) is 9.90 Å². The van der Waals surface area contributed by atoms with Crippen LogP contribution in [0, 0.1) is 24.8 Å². The Morgan fingerprint density at radius 2 is 1.74 bits per heavy atom. The van der Waals surface area contributed by atoms with Crippen LogP contribution in [-0.2, 0) is 37.7 Å². The molecule has 229 valence electrons. The molecule has 4 heterocycles. The third-order valence-electron chi connectivity index (χ3n) is 8.62. The van der Waals surface area contributed by atoms with Gasteiger partial charge in [0.2, 0.25) is 5.71 Å². The van der Waals surface area contributed by atoms with Crippen LogP contribution in [0.5, 0.6) is 0 Å². The van der Waals surface area contributed by atoms with Gasteiger partial charge >= 0.3 is 0 Å². The molecule has 4 aromatic heterocycles. The van der Waals surface area contributed by atoms with Gasteiger partial charge in [0.25, 0.3) is 0 Å². The van der Waals surface area contributed by atoms with Gasteiger partial charge in [0.1, 0.15) is 0 Å². The first-order valence-electron chi connectivity index (χ1n) is 15.4. The van der Waals surface area contributed by atoms with Gasteiger partial charge in [0, 0.05) is 70.3 Å². The minimum Gasteiger partial charge on any atom is -0.512 e. The molecule has 5 nitrogen and oxygen atoms in total. The number of pyridine rings is 2. The minimum absolute atomic E-state index is 0. The van der Waals surface area contributed by atoms with Crippen LogP contribution >= 0.6 is 11.3 Å². The van der Waals surface area contributed by atoms with E-state index in [2.05, 4.69) is 23.2 Å². The number of carbonyl (C=O) groups excluding carboxylic acids is 1. The Morgan fingerprint density at radius 3 is 2.47 bits per heavy atom. The Labute approximate surface area is 272 Å². The van der Waals surface area contributed by atoms with Crippen LogP contribution < -0.4 is 0 Å². The molecule has 0 aliphatic heterocycles. The van der Waals surface area contributed by atoms with E-state index < -0.39 is 0 Å². The number of aliphatic hydroxyl groups excluding tert-OH is 1. The summed E-state index contributed by atoms with van der Waals surface area (Å²) in [6.07, 6.45) is 11.9. The molecule has 1 aliphatic carbocycles. The van der Waals surface area contributed by atoms with Crippen molar-refractivity contribution in [1.29, 1.82) is 0 Å². The second kappa shape index (κ2) is 14.7. The number of hydrogen-bond acceptors (Lipinski definition) is 6. The molecular formula is C36H41IrN2O3S-. The van der Waals surface area contributed by atoms with Crippen LogP contribution in [0.1, 0.15) is 82.4 Å². The van der Waals surface area contributed by atoms with E-state index in [1.807, 2.05) is 70.4 Å². The molecule has 6 rings (SSSR count). The van der Waals surface area contributed by atoms with Crippen molar-refractivity contribution in [2.24, 2.45) is 11.8 Å². The molecule has 0 spiro atoms. The number of fused-ring (bicyclic) bond motifs is 6. The number of aromatic nitrogens is 2. The van der Waals surface area contributed by atoms with Crippen LogP contribution in [0.15, 0.2) is 52.8 Å². The second-order valence-corrected chi connectivity index (χ2v) is 12.4. The van der Waals surface area contributed by atoms with Crippen LogP contribution in [-0.4, -0.2) is 20.9 Å². The number of ketones is 1. The number of aliphatic hydroxyl groups is 1. The third-order valence-corrected chi connectivity index (χ3v) is 9.87. The number of allylic oxidation sites excluding steroid dienone is 2. The van der Waals surface area contributed by atoms with E-state index in [0.717, 1.165) is 59.0 Å². The van der Waals surface area contributed by atoms with Gasteiger partial charge in [0.15, 0.2) is 5.78 Å². The van der Waals surface area contributed by atoms with Gasteiger partial charge in [-0.1, -0.05) is 44.7 Å². The predicted octanol–water partition coefficient (Wildman–Crippen LogP) is 10.1. The zero-order valence-electron chi connectivity index (χ0n) is 25.8. The summed E-state index contributed by atoms with van der Waals surface area (Å²) in [6, 6.07) is 13.7. The molecule has 1 aliphatic rings. The number of carbonyl (C=O) groups is 1. The zero-order chi connectivity index (χ0) is 29.8. The summed E-state index contributed by atoms with van der Waals surface area (Å²) >= 11 is 1.92. The molecule has 0 saturated heterocycles. The Bertz CT molecular complexity index is 1740. The number of furan rings is 1. The van der Waals surface area contributed by atoms with Gasteiger partial charge in [0.05, 0.1) is 11.3 Å². The molecule has 1 aromatic carbocycles. The second-order valence-electron chi connectivity index (χ2n) is 11.3. The molecule has 0 amide bonds. The first kappa shape index (κ1) is 33.0. The smallest absolute Gasteiger partial charge is 0.216 e. The average molecular weight is 774 g/mol. The molecular weight excluding hydrogens is 733 g/mol. The molecule has 0 saturated carbocycles. The van der Waals surface area contributed by atoms with E-state index in [-0.39, 0.29) is 43.5 Å². The van der Waals surface area contributed by atoms with Crippen molar-refractivity contribution in [1.82, 2.24) is 9.97 Å². The minimum atomic E-state index is 0. The maximum Gasteiger partial charge on any atom is 0.216 e. The normalized spacial score (nSPS) is 13.3. The van der Waals surface area contributed by atoms with Crippen molar-refractivity contribution in [3.8, 4) is 11.3 Å². The van der Waals surface area contributed by atoms with Crippen molar-refractivity contribution in [2.75, 3.05) is 0 Å². The summed E-state index contributed by atoms with van der Waals surface area (Å²) in [5.74, 6) is 0.547. The molecule has 7 heteroatoms. The topological polar surface area (TPSA) is 76.2 Å². The molecule has 1 N–H and O–H groups in total. The summed E-state index contributed by atoms with van der Waals surface area (Å²) in [7, 11) is 0. The Morgan fingerprint density at radius 1 is 1.02 bits per heavy atom. The summed E-state index contributed by atoms with van der Waals surface area (Å²) in [5.41, 5.74) is 5.80. The van der Waals surface area contributed by atoms with Gasteiger partial charge in [-0.05, 0) is 81.7 Å². The van der Waals surface area contributed by atoms with E-state index in [4.69, 9.17) is 9.40 Å². The molecule has 0 bridgehead atoms. The fourth-order valence-corrected chi connectivity index (χ4v) is 7.28. The number of rotatable bonds is 8. The SMILES string of the molecule is CCC(CC)C(=O)/C=C(\O)C(CC)CC.Cc1ccc2c(n1)oc1c(-c3cc4sc5c(c4cn3)CCCC5)[c-]ccc12.[Ir]. The molecule has 0 atom stereocenters. The summed E-state index contributed by atoms with van der Waals surface area (Å²) in [4.78, 5) is 22.6. The van der Waals surface area contributed by atoms with Gasteiger partial charge in [-0.3, -0.25) is 4.79 Å². The summed E-state index contributed by atoms with van der Waals surface area (Å²) in [6.45, 7) is 10.1. The third kappa shape index (κ3) is 6.95.